The molecule has 7 heteroatoms. The van der Waals surface area contributed by atoms with E-state index in [1.165, 1.54) is 6.20 Å². The van der Waals surface area contributed by atoms with E-state index in [1.54, 1.807) is 37.5 Å². The fourth-order valence-corrected chi connectivity index (χ4v) is 5.04. The highest BCUT2D eigenvalue weighted by molar-refractivity contribution is 6.13. The molecule has 2 aliphatic rings. The van der Waals surface area contributed by atoms with Crippen molar-refractivity contribution < 1.29 is 24.2 Å². The topological polar surface area (TPSA) is 98.1 Å². The summed E-state index contributed by atoms with van der Waals surface area (Å²) in [5.74, 6) is -0.694. The molecular formula is C28H30N2O5. The first-order valence-electron chi connectivity index (χ1n) is 11.7. The minimum absolute atomic E-state index is 0.0515. The lowest BCUT2D eigenvalue weighted by Crippen LogP contribution is -2.47. The standard InChI is InChI=1S/C28H30N2O5/c1-16-9-10-22-20(5)24(18(3)19(4)25(22)34-16)28(27(32)33)11-7-13-30-23(28)14-17(2)35-26(31)21-8-6-12-29-15-21/h6-10,12-13,15-17H,11,14H2,1-5H3,(H,32,33). The van der Waals surface area contributed by atoms with E-state index in [2.05, 4.69) is 9.98 Å². The fourth-order valence-electron chi connectivity index (χ4n) is 5.04. The van der Waals surface area contributed by atoms with Crippen molar-refractivity contribution >= 4 is 23.7 Å². The lowest BCUT2D eigenvalue weighted by molar-refractivity contribution is -0.141. The molecule has 7 nitrogen and oxygen atoms in total. The summed E-state index contributed by atoms with van der Waals surface area (Å²) in [6.45, 7) is 9.57. The second-order valence-corrected chi connectivity index (χ2v) is 9.21. The van der Waals surface area contributed by atoms with Crippen LogP contribution < -0.4 is 4.74 Å². The van der Waals surface area contributed by atoms with Crippen LogP contribution in [0.2, 0.25) is 0 Å². The lowest BCUT2D eigenvalue weighted by Gasteiger charge is -2.37. The second kappa shape index (κ2) is 9.49. The van der Waals surface area contributed by atoms with Gasteiger partial charge in [-0.2, -0.15) is 0 Å². The number of aromatic nitrogens is 1. The number of ether oxygens (including phenoxy) is 2. The van der Waals surface area contributed by atoms with Crippen LogP contribution in [-0.4, -0.2) is 39.9 Å². The Balaban J connectivity index is 1.75. The third-order valence-electron chi connectivity index (χ3n) is 6.87. The van der Waals surface area contributed by atoms with Crippen LogP contribution in [0.3, 0.4) is 0 Å². The van der Waals surface area contributed by atoms with Gasteiger partial charge in [-0.3, -0.25) is 14.8 Å². The largest absolute Gasteiger partial charge is 0.486 e. The molecule has 182 valence electrons. The summed E-state index contributed by atoms with van der Waals surface area (Å²) in [5.41, 5.74) is 3.68. The second-order valence-electron chi connectivity index (χ2n) is 9.21. The first-order valence-corrected chi connectivity index (χ1v) is 11.7. The van der Waals surface area contributed by atoms with Crippen molar-refractivity contribution in [2.24, 2.45) is 4.99 Å². The number of hydrogen-bond donors (Lipinski definition) is 1. The third-order valence-corrected chi connectivity index (χ3v) is 6.87. The zero-order valence-corrected chi connectivity index (χ0v) is 20.7. The van der Waals surface area contributed by atoms with E-state index in [1.807, 2.05) is 39.8 Å². The number of carbonyl (C=O) groups is 2. The Morgan fingerprint density at radius 1 is 1.26 bits per heavy atom. The van der Waals surface area contributed by atoms with E-state index in [0.29, 0.717) is 11.3 Å². The number of carboxylic acid groups (broad SMARTS) is 1. The van der Waals surface area contributed by atoms with Crippen molar-refractivity contribution in [3.8, 4) is 5.75 Å². The Hall–Kier alpha value is -3.74. The Kier molecular flexibility index (Phi) is 6.61. The van der Waals surface area contributed by atoms with Gasteiger partial charge in [0.25, 0.3) is 0 Å². The monoisotopic (exact) mass is 474 g/mol. The van der Waals surface area contributed by atoms with Crippen LogP contribution in [0.15, 0.2) is 47.9 Å². The van der Waals surface area contributed by atoms with E-state index >= 15 is 0 Å². The molecule has 3 atom stereocenters. The van der Waals surface area contributed by atoms with Gasteiger partial charge < -0.3 is 14.6 Å². The minimum atomic E-state index is -1.38. The summed E-state index contributed by atoms with van der Waals surface area (Å²) in [5, 5.41) is 10.7. The number of allylic oxidation sites excluding steroid dienone is 1. The summed E-state index contributed by atoms with van der Waals surface area (Å²) < 4.78 is 11.7. The lowest BCUT2D eigenvalue weighted by atomic mass is 9.67. The zero-order valence-electron chi connectivity index (χ0n) is 20.7. The molecule has 3 unspecified atom stereocenters. The number of nitrogens with zero attached hydrogens (tertiary/aromatic N) is 2. The molecule has 4 rings (SSSR count). The fraction of sp³-hybridized carbons (Fsp3) is 0.357. The first-order chi connectivity index (χ1) is 16.7. The molecule has 0 saturated carbocycles. The van der Waals surface area contributed by atoms with E-state index in [-0.39, 0.29) is 18.9 Å². The number of esters is 1. The Bertz CT molecular complexity index is 1260. The average Bonchev–Trinajstić information content (AvgIpc) is 2.84. The molecule has 1 N–H and O–H groups in total. The minimum Gasteiger partial charge on any atom is -0.486 e. The van der Waals surface area contributed by atoms with Gasteiger partial charge in [0.15, 0.2) is 0 Å². The van der Waals surface area contributed by atoms with Crippen LogP contribution in [0.5, 0.6) is 5.75 Å². The smallest absolute Gasteiger partial charge is 0.339 e. The number of rotatable bonds is 6. The maximum atomic E-state index is 13.1. The molecule has 1 aromatic heterocycles. The van der Waals surface area contributed by atoms with Gasteiger partial charge in [0, 0.05) is 36.3 Å². The van der Waals surface area contributed by atoms with Crippen LogP contribution in [0.1, 0.15) is 64.9 Å². The molecule has 2 aliphatic heterocycles. The average molecular weight is 475 g/mol. The predicted molar refractivity (Wildman–Crippen MR) is 134 cm³/mol. The number of pyridine rings is 1. The molecule has 0 radical (unpaired) electrons. The number of fused-ring (bicyclic) bond motifs is 1. The molecule has 0 spiro atoms. The van der Waals surface area contributed by atoms with Gasteiger partial charge in [-0.25, -0.2) is 4.79 Å². The SMILES string of the molecule is Cc1c(C)c(C2(C(=O)O)CC=CN=C2CC(C)OC(=O)c2cccnc2)c(C)c2c1OC(C)C=C2. The van der Waals surface area contributed by atoms with Crippen molar-refractivity contribution in [3.63, 3.8) is 0 Å². The number of hydrogen-bond acceptors (Lipinski definition) is 6. The molecule has 0 aliphatic carbocycles. The van der Waals surface area contributed by atoms with E-state index < -0.39 is 23.5 Å². The highest BCUT2D eigenvalue weighted by Gasteiger charge is 2.48. The number of carbonyl (C=O) groups excluding carboxylic acids is 1. The maximum Gasteiger partial charge on any atom is 0.339 e. The summed E-state index contributed by atoms with van der Waals surface area (Å²) in [6.07, 6.45) is 10.2. The van der Waals surface area contributed by atoms with Crippen molar-refractivity contribution in [1.82, 2.24) is 4.98 Å². The van der Waals surface area contributed by atoms with Gasteiger partial charge in [0.05, 0.1) is 5.56 Å². The summed E-state index contributed by atoms with van der Waals surface area (Å²) in [7, 11) is 0. The van der Waals surface area contributed by atoms with Crippen molar-refractivity contribution in [2.45, 2.75) is 65.1 Å². The van der Waals surface area contributed by atoms with E-state index in [9.17, 15) is 14.7 Å². The molecule has 35 heavy (non-hydrogen) atoms. The highest BCUT2D eigenvalue weighted by Crippen LogP contribution is 2.45. The third kappa shape index (κ3) is 4.27. The normalized spacial score (nSPS) is 21.5. The molecule has 0 saturated heterocycles. The Morgan fingerprint density at radius 3 is 2.71 bits per heavy atom. The summed E-state index contributed by atoms with van der Waals surface area (Å²) in [6, 6.07) is 3.29. The summed E-state index contributed by atoms with van der Waals surface area (Å²) in [4.78, 5) is 34.1. The van der Waals surface area contributed by atoms with Gasteiger partial charge in [-0.15, -0.1) is 0 Å². The van der Waals surface area contributed by atoms with Crippen LogP contribution >= 0.6 is 0 Å². The number of carboxylic acids is 1. The van der Waals surface area contributed by atoms with Crippen LogP contribution in [0.4, 0.5) is 0 Å². The first kappa shape index (κ1) is 24.4. The molecular weight excluding hydrogens is 444 g/mol. The van der Waals surface area contributed by atoms with Crippen LogP contribution in [-0.2, 0) is 14.9 Å². The van der Waals surface area contributed by atoms with Crippen LogP contribution in [0, 0.1) is 20.8 Å². The van der Waals surface area contributed by atoms with Gasteiger partial charge in [-0.1, -0.05) is 12.2 Å². The number of aliphatic imine (C=N–C) groups is 1. The van der Waals surface area contributed by atoms with E-state index in [0.717, 1.165) is 33.6 Å². The number of benzene rings is 1. The predicted octanol–water partition coefficient (Wildman–Crippen LogP) is 5.12. The molecule has 0 fully saturated rings. The van der Waals surface area contributed by atoms with Gasteiger partial charge in [0.1, 0.15) is 23.4 Å². The van der Waals surface area contributed by atoms with Gasteiger partial charge >= 0.3 is 11.9 Å². The molecule has 3 heterocycles. The van der Waals surface area contributed by atoms with Crippen molar-refractivity contribution in [1.29, 1.82) is 0 Å². The van der Waals surface area contributed by atoms with E-state index in [4.69, 9.17) is 9.47 Å². The van der Waals surface area contributed by atoms with Crippen molar-refractivity contribution in [3.05, 3.63) is 76.3 Å². The highest BCUT2D eigenvalue weighted by atomic mass is 16.5. The Labute approximate surface area is 205 Å². The molecule has 0 amide bonds. The Morgan fingerprint density at radius 2 is 2.03 bits per heavy atom. The molecule has 0 bridgehead atoms. The summed E-state index contributed by atoms with van der Waals surface area (Å²) >= 11 is 0. The zero-order chi connectivity index (χ0) is 25.3. The van der Waals surface area contributed by atoms with Crippen LogP contribution in [0.25, 0.3) is 6.08 Å². The molecule has 1 aromatic carbocycles. The van der Waals surface area contributed by atoms with Crippen molar-refractivity contribution in [2.75, 3.05) is 0 Å². The quantitative estimate of drug-likeness (QED) is 0.584. The molecule has 2 aromatic rings. The maximum absolute atomic E-state index is 13.1. The number of aliphatic carboxylic acids is 1. The van der Waals surface area contributed by atoms with Gasteiger partial charge in [0.2, 0.25) is 0 Å². The van der Waals surface area contributed by atoms with Gasteiger partial charge in [-0.05, 0) is 81.5 Å².